The van der Waals surface area contributed by atoms with Gasteiger partial charge in [-0.3, -0.25) is 10.1 Å². The molecule has 2 rings (SSSR count). The number of nitrogens with one attached hydrogen (secondary N) is 1. The molecule has 0 saturated carbocycles. The number of nitrogen functional groups attached to an aromatic ring is 1. The lowest BCUT2D eigenvalue weighted by atomic mass is 10.1. The molecule has 1 heterocycles. The Morgan fingerprint density at radius 1 is 1.24 bits per heavy atom. The number of anilines is 2. The number of nitrogens with zero attached hydrogens (tertiary/aromatic N) is 2. The maximum absolute atomic E-state index is 12.0. The van der Waals surface area contributed by atoms with Gasteiger partial charge in [-0.15, -0.1) is 22.6 Å². The first-order valence-electron chi connectivity index (χ1n) is 6.64. The molecule has 0 spiro atoms. The SMILES string of the molecule is CCC(CC)c1nnc(NC(=O)c2ccc(N)cc2)s1.Cl. The second kappa shape index (κ2) is 7.95. The summed E-state index contributed by atoms with van der Waals surface area (Å²) in [4.78, 5) is 12.0. The quantitative estimate of drug-likeness (QED) is 0.821. The van der Waals surface area contributed by atoms with Gasteiger partial charge >= 0.3 is 0 Å². The average molecular weight is 327 g/mol. The normalized spacial score (nSPS) is 10.2. The molecule has 0 radical (unpaired) electrons. The van der Waals surface area contributed by atoms with Gasteiger partial charge in [-0.05, 0) is 37.1 Å². The minimum absolute atomic E-state index is 0. The highest BCUT2D eigenvalue weighted by Gasteiger charge is 2.15. The lowest BCUT2D eigenvalue weighted by molar-refractivity contribution is 0.102. The first kappa shape index (κ1) is 17.4. The Hall–Kier alpha value is -1.66. The van der Waals surface area contributed by atoms with E-state index >= 15 is 0 Å². The molecule has 0 aliphatic carbocycles. The van der Waals surface area contributed by atoms with Crippen LogP contribution < -0.4 is 11.1 Å². The van der Waals surface area contributed by atoms with Crippen LogP contribution in [0, 0.1) is 0 Å². The molecule has 21 heavy (non-hydrogen) atoms. The number of nitrogens with two attached hydrogens (primary N) is 1. The molecule has 0 fully saturated rings. The van der Waals surface area contributed by atoms with Gasteiger partial charge in [0.05, 0.1) is 0 Å². The van der Waals surface area contributed by atoms with E-state index in [0.29, 0.717) is 22.3 Å². The molecular formula is C14H19ClN4OS. The standard InChI is InChI=1S/C14H18N4OS.ClH/c1-3-9(4-2)13-17-18-14(20-13)16-12(19)10-5-7-11(15)8-6-10;/h5-9H,3-4,15H2,1-2H3,(H,16,18,19);1H. The molecule has 2 aromatic rings. The Kier molecular flexibility index (Phi) is 6.58. The highest BCUT2D eigenvalue weighted by atomic mass is 35.5. The van der Waals surface area contributed by atoms with Crippen molar-refractivity contribution >= 4 is 40.5 Å². The van der Waals surface area contributed by atoms with Crippen molar-refractivity contribution in [2.45, 2.75) is 32.6 Å². The van der Waals surface area contributed by atoms with Crippen LogP contribution in [0.5, 0.6) is 0 Å². The van der Waals surface area contributed by atoms with Gasteiger partial charge in [0.2, 0.25) is 5.13 Å². The predicted molar refractivity (Wildman–Crippen MR) is 89.3 cm³/mol. The first-order valence-corrected chi connectivity index (χ1v) is 7.46. The molecule has 0 bridgehead atoms. The van der Waals surface area contributed by atoms with Crippen molar-refractivity contribution in [3.8, 4) is 0 Å². The second-order valence-electron chi connectivity index (χ2n) is 4.54. The van der Waals surface area contributed by atoms with Gasteiger partial charge < -0.3 is 5.73 Å². The lowest BCUT2D eigenvalue weighted by Gasteiger charge is -2.05. The fourth-order valence-electron chi connectivity index (χ4n) is 1.89. The third-order valence-corrected chi connectivity index (χ3v) is 4.17. The monoisotopic (exact) mass is 326 g/mol. The molecule has 114 valence electrons. The Balaban J connectivity index is 0.00000220. The van der Waals surface area contributed by atoms with Gasteiger partial charge in [-0.25, -0.2) is 0 Å². The predicted octanol–water partition coefficient (Wildman–Crippen LogP) is 3.70. The fourth-order valence-corrected chi connectivity index (χ4v) is 2.90. The van der Waals surface area contributed by atoms with E-state index in [2.05, 4.69) is 29.4 Å². The maximum atomic E-state index is 12.0. The van der Waals surface area contributed by atoms with E-state index in [0.717, 1.165) is 17.8 Å². The van der Waals surface area contributed by atoms with Crippen LogP contribution in [-0.2, 0) is 0 Å². The van der Waals surface area contributed by atoms with E-state index in [1.54, 1.807) is 24.3 Å². The third kappa shape index (κ3) is 4.41. The van der Waals surface area contributed by atoms with Gasteiger partial charge in [0.1, 0.15) is 5.01 Å². The average Bonchev–Trinajstić information content (AvgIpc) is 2.89. The molecule has 7 heteroatoms. The van der Waals surface area contributed by atoms with E-state index < -0.39 is 0 Å². The molecular weight excluding hydrogens is 308 g/mol. The molecule has 0 unspecified atom stereocenters. The number of hydrogen-bond acceptors (Lipinski definition) is 5. The maximum Gasteiger partial charge on any atom is 0.257 e. The summed E-state index contributed by atoms with van der Waals surface area (Å²) >= 11 is 1.44. The van der Waals surface area contributed by atoms with Crippen molar-refractivity contribution in [2.75, 3.05) is 11.1 Å². The topological polar surface area (TPSA) is 80.9 Å². The zero-order valence-corrected chi connectivity index (χ0v) is 13.6. The minimum Gasteiger partial charge on any atom is -0.399 e. The van der Waals surface area contributed by atoms with Gasteiger partial charge in [0, 0.05) is 17.2 Å². The van der Waals surface area contributed by atoms with Crippen LogP contribution in [0.4, 0.5) is 10.8 Å². The summed E-state index contributed by atoms with van der Waals surface area (Å²) in [6.07, 6.45) is 2.05. The summed E-state index contributed by atoms with van der Waals surface area (Å²) in [5.41, 5.74) is 6.78. The van der Waals surface area contributed by atoms with Gasteiger partial charge in [0.25, 0.3) is 5.91 Å². The van der Waals surface area contributed by atoms with E-state index in [-0.39, 0.29) is 18.3 Å². The minimum atomic E-state index is -0.197. The van der Waals surface area contributed by atoms with Crippen LogP contribution in [0.3, 0.4) is 0 Å². The summed E-state index contributed by atoms with van der Waals surface area (Å²) in [7, 11) is 0. The van der Waals surface area contributed by atoms with Gasteiger partial charge in [-0.2, -0.15) is 0 Å². The van der Waals surface area contributed by atoms with Gasteiger partial charge in [-0.1, -0.05) is 25.2 Å². The highest BCUT2D eigenvalue weighted by molar-refractivity contribution is 7.15. The molecule has 3 N–H and O–H groups in total. The Morgan fingerprint density at radius 3 is 2.43 bits per heavy atom. The summed E-state index contributed by atoms with van der Waals surface area (Å²) in [5.74, 6) is 0.215. The van der Waals surface area contributed by atoms with E-state index in [1.165, 1.54) is 11.3 Å². The zero-order valence-electron chi connectivity index (χ0n) is 12.0. The Bertz CT molecular complexity index is 581. The molecule has 0 aliphatic heterocycles. The lowest BCUT2D eigenvalue weighted by Crippen LogP contribution is -2.11. The second-order valence-corrected chi connectivity index (χ2v) is 5.54. The number of carbonyl (C=O) groups is 1. The van der Waals surface area contributed by atoms with Crippen LogP contribution >= 0.6 is 23.7 Å². The summed E-state index contributed by atoms with van der Waals surface area (Å²) in [5, 5.41) is 12.5. The third-order valence-electron chi connectivity index (χ3n) is 3.17. The summed E-state index contributed by atoms with van der Waals surface area (Å²) in [6, 6.07) is 6.77. The largest absolute Gasteiger partial charge is 0.399 e. The van der Waals surface area contributed by atoms with Crippen LogP contribution in [0.25, 0.3) is 0 Å². The first-order chi connectivity index (χ1) is 9.63. The van der Waals surface area contributed by atoms with Crippen molar-refractivity contribution in [2.24, 2.45) is 0 Å². The molecule has 1 aromatic heterocycles. The molecule has 0 aliphatic rings. The Labute approximate surface area is 134 Å². The van der Waals surface area contributed by atoms with Crippen LogP contribution in [-0.4, -0.2) is 16.1 Å². The van der Waals surface area contributed by atoms with E-state index in [9.17, 15) is 4.79 Å². The van der Waals surface area contributed by atoms with Gasteiger partial charge in [0.15, 0.2) is 0 Å². The molecule has 0 saturated heterocycles. The number of rotatable bonds is 5. The molecule has 0 atom stereocenters. The zero-order chi connectivity index (χ0) is 14.5. The Morgan fingerprint density at radius 2 is 1.86 bits per heavy atom. The molecule has 1 amide bonds. The van der Waals surface area contributed by atoms with Crippen molar-refractivity contribution in [3.63, 3.8) is 0 Å². The van der Waals surface area contributed by atoms with E-state index in [1.807, 2.05) is 0 Å². The number of halogens is 1. The van der Waals surface area contributed by atoms with Crippen LogP contribution in [0.15, 0.2) is 24.3 Å². The smallest absolute Gasteiger partial charge is 0.257 e. The molecule has 1 aromatic carbocycles. The number of aromatic nitrogens is 2. The van der Waals surface area contributed by atoms with Crippen LogP contribution in [0.1, 0.15) is 48.0 Å². The number of benzene rings is 1. The summed E-state index contributed by atoms with van der Waals surface area (Å²) < 4.78 is 0. The number of amides is 1. The molecule has 5 nitrogen and oxygen atoms in total. The summed E-state index contributed by atoms with van der Waals surface area (Å²) in [6.45, 7) is 4.25. The van der Waals surface area contributed by atoms with Crippen molar-refractivity contribution in [1.82, 2.24) is 10.2 Å². The van der Waals surface area contributed by atoms with Crippen molar-refractivity contribution < 1.29 is 4.79 Å². The number of hydrogen-bond donors (Lipinski definition) is 2. The van der Waals surface area contributed by atoms with Crippen molar-refractivity contribution in [1.29, 1.82) is 0 Å². The van der Waals surface area contributed by atoms with Crippen molar-refractivity contribution in [3.05, 3.63) is 34.8 Å². The van der Waals surface area contributed by atoms with Crippen LogP contribution in [0.2, 0.25) is 0 Å². The highest BCUT2D eigenvalue weighted by Crippen LogP contribution is 2.28. The number of carbonyl (C=O) groups excluding carboxylic acids is 1. The fraction of sp³-hybridized carbons (Fsp3) is 0.357. The van der Waals surface area contributed by atoms with E-state index in [4.69, 9.17) is 5.73 Å².